The molecule has 0 unspecified atom stereocenters. The Kier molecular flexibility index (Phi) is 5.77. The number of amides is 1. The predicted octanol–water partition coefficient (Wildman–Crippen LogP) is 5.20. The fourth-order valence-electron chi connectivity index (χ4n) is 4.42. The molecule has 1 saturated heterocycles. The highest BCUT2D eigenvalue weighted by molar-refractivity contribution is 7.91. The fraction of sp³-hybridized carbons (Fsp3) is 0.320. The third kappa shape index (κ3) is 4.25. The van der Waals surface area contributed by atoms with Crippen molar-refractivity contribution in [1.82, 2.24) is 14.8 Å². The van der Waals surface area contributed by atoms with E-state index in [0.717, 1.165) is 4.88 Å². The number of anilines is 1. The maximum atomic E-state index is 13.5. The number of nitrogens with one attached hydrogen (secondary N) is 1. The van der Waals surface area contributed by atoms with E-state index in [4.69, 9.17) is 4.98 Å². The van der Waals surface area contributed by atoms with Gasteiger partial charge in [-0.1, -0.05) is 32.0 Å². The van der Waals surface area contributed by atoms with Crippen LogP contribution in [-0.2, 0) is 9.84 Å². The minimum absolute atomic E-state index is 0.0395. The first kappa shape index (κ1) is 22.7. The molecule has 1 N–H and O–H groups in total. The highest BCUT2D eigenvalue weighted by Crippen LogP contribution is 2.33. The monoisotopic (exact) mass is 494 g/mol. The number of hydrogen-bond donors (Lipinski definition) is 1. The van der Waals surface area contributed by atoms with Crippen molar-refractivity contribution in [3.05, 3.63) is 64.7 Å². The van der Waals surface area contributed by atoms with Gasteiger partial charge in [0, 0.05) is 5.69 Å². The van der Waals surface area contributed by atoms with E-state index in [1.807, 2.05) is 48.7 Å². The minimum Gasteiger partial charge on any atom is -0.322 e. The van der Waals surface area contributed by atoms with Crippen molar-refractivity contribution in [3.8, 4) is 10.6 Å². The summed E-state index contributed by atoms with van der Waals surface area (Å²) in [6.45, 7) is 6.09. The first-order valence-corrected chi connectivity index (χ1v) is 14.0. The molecule has 4 heterocycles. The molecular formula is C25H26N4O3S2. The Labute approximate surface area is 202 Å². The van der Waals surface area contributed by atoms with Gasteiger partial charge in [0.15, 0.2) is 15.5 Å². The van der Waals surface area contributed by atoms with Crippen LogP contribution in [0.1, 0.15) is 53.8 Å². The summed E-state index contributed by atoms with van der Waals surface area (Å²) in [6.07, 6.45) is 0.493. The van der Waals surface area contributed by atoms with Crippen LogP contribution in [0.2, 0.25) is 0 Å². The van der Waals surface area contributed by atoms with E-state index in [1.54, 1.807) is 10.7 Å². The third-order valence-corrected chi connectivity index (χ3v) is 8.89. The summed E-state index contributed by atoms with van der Waals surface area (Å²) in [5.74, 6) is 0.343. The molecule has 176 valence electrons. The van der Waals surface area contributed by atoms with E-state index in [9.17, 15) is 13.2 Å². The number of nitrogens with zero attached hydrogens (tertiary/aromatic N) is 3. The molecule has 4 aromatic rings. The van der Waals surface area contributed by atoms with Crippen LogP contribution in [0.15, 0.2) is 47.8 Å². The average molecular weight is 495 g/mol. The summed E-state index contributed by atoms with van der Waals surface area (Å²) in [7, 11) is -3.10. The zero-order chi connectivity index (χ0) is 24.0. The summed E-state index contributed by atoms with van der Waals surface area (Å²) in [5.41, 5.74) is 4.27. The van der Waals surface area contributed by atoms with Crippen LogP contribution in [0.4, 0.5) is 5.69 Å². The van der Waals surface area contributed by atoms with E-state index in [2.05, 4.69) is 24.3 Å². The smallest absolute Gasteiger partial charge is 0.256 e. The van der Waals surface area contributed by atoms with Gasteiger partial charge in [0.25, 0.3) is 5.91 Å². The highest BCUT2D eigenvalue weighted by Gasteiger charge is 2.32. The van der Waals surface area contributed by atoms with Crippen LogP contribution in [0.3, 0.4) is 0 Å². The van der Waals surface area contributed by atoms with Crippen LogP contribution in [0.5, 0.6) is 0 Å². The molecule has 3 aromatic heterocycles. The molecule has 1 atom stereocenters. The Morgan fingerprint density at radius 3 is 2.59 bits per heavy atom. The highest BCUT2D eigenvalue weighted by atomic mass is 32.2. The van der Waals surface area contributed by atoms with E-state index in [1.165, 1.54) is 16.9 Å². The Morgan fingerprint density at radius 1 is 1.21 bits per heavy atom. The van der Waals surface area contributed by atoms with Crippen molar-refractivity contribution in [2.24, 2.45) is 0 Å². The van der Waals surface area contributed by atoms with Gasteiger partial charge >= 0.3 is 0 Å². The number of pyridine rings is 1. The van der Waals surface area contributed by atoms with Crippen molar-refractivity contribution < 1.29 is 13.2 Å². The van der Waals surface area contributed by atoms with Gasteiger partial charge in [0.05, 0.1) is 44.8 Å². The second-order valence-electron chi connectivity index (χ2n) is 9.05. The van der Waals surface area contributed by atoms with Crippen molar-refractivity contribution in [3.63, 3.8) is 0 Å². The van der Waals surface area contributed by atoms with Gasteiger partial charge in [-0.3, -0.25) is 4.79 Å². The molecule has 1 aliphatic heterocycles. The summed E-state index contributed by atoms with van der Waals surface area (Å²) in [6, 6.07) is 13.3. The van der Waals surface area contributed by atoms with Crippen LogP contribution in [0, 0.1) is 6.92 Å². The Morgan fingerprint density at radius 2 is 1.97 bits per heavy atom. The van der Waals surface area contributed by atoms with Crippen LogP contribution in [-0.4, -0.2) is 40.6 Å². The molecule has 1 aromatic carbocycles. The van der Waals surface area contributed by atoms with Crippen molar-refractivity contribution >= 4 is 43.8 Å². The summed E-state index contributed by atoms with van der Waals surface area (Å²) < 4.78 is 26.0. The number of aryl methyl sites for hydroxylation is 1. The number of fused-ring (bicyclic) bond motifs is 1. The first-order valence-electron chi connectivity index (χ1n) is 11.3. The minimum atomic E-state index is -3.10. The third-order valence-electron chi connectivity index (χ3n) is 6.24. The number of carbonyl (C=O) groups excluding carboxylic acids is 1. The summed E-state index contributed by atoms with van der Waals surface area (Å²) >= 11 is 1.54. The lowest BCUT2D eigenvalue weighted by Crippen LogP contribution is -2.15. The zero-order valence-corrected chi connectivity index (χ0v) is 20.9. The number of benzene rings is 1. The van der Waals surface area contributed by atoms with Crippen molar-refractivity contribution in [1.29, 1.82) is 0 Å². The molecule has 1 aliphatic rings. The molecule has 0 saturated carbocycles. The lowest BCUT2D eigenvalue weighted by atomic mass is 10.0. The summed E-state index contributed by atoms with van der Waals surface area (Å²) in [5, 5.41) is 10.3. The molecule has 0 radical (unpaired) electrons. The van der Waals surface area contributed by atoms with E-state index >= 15 is 0 Å². The molecule has 34 heavy (non-hydrogen) atoms. The second kappa shape index (κ2) is 8.63. The Balaban J connectivity index is 1.61. The summed E-state index contributed by atoms with van der Waals surface area (Å²) in [4.78, 5) is 19.3. The number of aromatic nitrogens is 3. The van der Waals surface area contributed by atoms with Gasteiger partial charge in [0.1, 0.15) is 0 Å². The molecule has 1 amide bonds. The van der Waals surface area contributed by atoms with E-state index < -0.39 is 9.84 Å². The van der Waals surface area contributed by atoms with E-state index in [-0.39, 0.29) is 23.5 Å². The van der Waals surface area contributed by atoms with Gasteiger partial charge in [-0.05, 0) is 54.5 Å². The fourth-order valence-corrected chi connectivity index (χ4v) is 6.79. The zero-order valence-electron chi connectivity index (χ0n) is 19.3. The molecule has 1 fully saturated rings. The molecule has 7 nitrogen and oxygen atoms in total. The normalized spacial score (nSPS) is 17.5. The number of rotatable bonds is 5. The SMILES string of the molecule is Cc1nn([C@@H]2CCS(=O)(=O)C2)c2nc(-c3cccs3)cc(C(=O)Nc3ccc(C(C)C)cc3)c12. The number of sulfone groups is 1. The molecule has 0 aliphatic carbocycles. The van der Waals surface area contributed by atoms with E-state index in [0.29, 0.717) is 46.0 Å². The average Bonchev–Trinajstić information content (AvgIpc) is 3.53. The molecule has 0 bridgehead atoms. The van der Waals surface area contributed by atoms with Crippen LogP contribution in [0.25, 0.3) is 21.6 Å². The molecule has 9 heteroatoms. The van der Waals surface area contributed by atoms with Gasteiger partial charge in [0.2, 0.25) is 0 Å². The molecule has 5 rings (SSSR count). The van der Waals surface area contributed by atoms with Crippen LogP contribution >= 0.6 is 11.3 Å². The number of thiophene rings is 1. The predicted molar refractivity (Wildman–Crippen MR) is 136 cm³/mol. The Bertz CT molecular complexity index is 1470. The lowest BCUT2D eigenvalue weighted by molar-refractivity contribution is 0.102. The van der Waals surface area contributed by atoms with Crippen LogP contribution < -0.4 is 5.32 Å². The van der Waals surface area contributed by atoms with Crippen molar-refractivity contribution in [2.75, 3.05) is 16.8 Å². The lowest BCUT2D eigenvalue weighted by Gasteiger charge is -2.12. The number of hydrogen-bond acceptors (Lipinski definition) is 6. The maximum Gasteiger partial charge on any atom is 0.256 e. The van der Waals surface area contributed by atoms with Gasteiger partial charge < -0.3 is 5.32 Å². The van der Waals surface area contributed by atoms with Gasteiger partial charge in [-0.25, -0.2) is 18.1 Å². The standard InChI is InChI=1S/C25H26N4O3S2/c1-15(2)17-6-8-18(9-7-17)26-25(30)20-13-21(22-5-4-11-33-22)27-24-23(20)16(3)28-29(24)19-10-12-34(31,32)14-19/h4-9,11,13,15,19H,10,12,14H2,1-3H3,(H,26,30)/t19-/m1/s1. The quantitative estimate of drug-likeness (QED) is 0.411. The number of carbonyl (C=O) groups is 1. The largest absolute Gasteiger partial charge is 0.322 e. The first-order chi connectivity index (χ1) is 16.2. The molecule has 0 spiro atoms. The Hall–Kier alpha value is -3.04. The van der Waals surface area contributed by atoms with Gasteiger partial charge in [-0.2, -0.15) is 5.10 Å². The van der Waals surface area contributed by atoms with Crippen molar-refractivity contribution in [2.45, 2.75) is 39.2 Å². The topological polar surface area (TPSA) is 93.9 Å². The van der Waals surface area contributed by atoms with Gasteiger partial charge in [-0.15, -0.1) is 11.3 Å². The molecular weight excluding hydrogens is 468 g/mol. The second-order valence-corrected chi connectivity index (χ2v) is 12.2. The maximum absolute atomic E-state index is 13.5.